The molecule has 2 aromatic rings. The third kappa shape index (κ3) is 6.78. The second-order valence-corrected chi connectivity index (χ2v) is 9.83. The highest BCUT2D eigenvalue weighted by molar-refractivity contribution is 6.36. The van der Waals surface area contributed by atoms with E-state index in [0.29, 0.717) is 40.2 Å². The summed E-state index contributed by atoms with van der Waals surface area (Å²) in [6.07, 6.45) is 5.07. The average Bonchev–Trinajstić information content (AvgIpc) is 3.34. The smallest absolute Gasteiger partial charge is 0.407 e. The average molecular weight is 521 g/mol. The van der Waals surface area contributed by atoms with E-state index in [9.17, 15) is 9.59 Å². The Balaban J connectivity index is 1.43. The molecule has 1 aliphatic heterocycles. The summed E-state index contributed by atoms with van der Waals surface area (Å²) in [5, 5.41) is 10.1. The Hall–Kier alpha value is -2.55. The molecule has 1 aromatic carbocycles. The summed E-state index contributed by atoms with van der Waals surface area (Å²) in [6, 6.07) is 7.41. The van der Waals surface area contributed by atoms with Gasteiger partial charge in [-0.25, -0.2) is 9.78 Å². The summed E-state index contributed by atoms with van der Waals surface area (Å²) in [6.45, 7) is 2.48. The van der Waals surface area contributed by atoms with Crippen molar-refractivity contribution in [2.45, 2.75) is 38.1 Å². The van der Waals surface area contributed by atoms with Gasteiger partial charge in [-0.3, -0.25) is 4.79 Å². The van der Waals surface area contributed by atoms with Crippen LogP contribution in [0.1, 0.15) is 32.1 Å². The molecule has 1 aromatic heterocycles. The number of aromatic nitrogens is 1. The van der Waals surface area contributed by atoms with Crippen molar-refractivity contribution in [2.75, 3.05) is 37.5 Å². The predicted molar refractivity (Wildman–Crippen MR) is 137 cm³/mol. The van der Waals surface area contributed by atoms with Crippen molar-refractivity contribution >= 4 is 46.7 Å². The largest absolute Gasteiger partial charge is 0.453 e. The van der Waals surface area contributed by atoms with Gasteiger partial charge in [-0.05, 0) is 62.3 Å². The minimum absolute atomic E-state index is 0.0814. The quantitative estimate of drug-likeness (QED) is 0.454. The van der Waals surface area contributed by atoms with Crippen LogP contribution in [0.3, 0.4) is 0 Å². The molecule has 3 N–H and O–H groups in total. The number of hydrogen-bond donors (Lipinski definition) is 3. The molecule has 35 heavy (non-hydrogen) atoms. The number of nitrogens with one attached hydrogen (secondary N) is 3. The number of carbonyl (C=O) groups excluding carboxylic acids is 2. The van der Waals surface area contributed by atoms with E-state index in [1.165, 1.54) is 13.3 Å². The SMILES string of the molecule is COC(=O)NC1CCC(C(=O)Nc2cc(-c3cc(NCC4CCOCC4)ccc3Cl)c(Cl)cn2)C1. The van der Waals surface area contributed by atoms with Gasteiger partial charge in [-0.2, -0.15) is 0 Å². The minimum Gasteiger partial charge on any atom is -0.453 e. The highest BCUT2D eigenvalue weighted by Crippen LogP contribution is 2.36. The normalized spacial score (nSPS) is 20.3. The zero-order valence-corrected chi connectivity index (χ0v) is 21.1. The maximum absolute atomic E-state index is 12.8. The maximum atomic E-state index is 12.8. The molecule has 2 atom stereocenters. The van der Waals surface area contributed by atoms with Gasteiger partial charge in [0.1, 0.15) is 5.82 Å². The highest BCUT2D eigenvalue weighted by Gasteiger charge is 2.31. The third-order valence-electron chi connectivity index (χ3n) is 6.61. The van der Waals surface area contributed by atoms with Crippen LogP contribution in [-0.4, -0.2) is 49.9 Å². The van der Waals surface area contributed by atoms with Crippen molar-refractivity contribution in [1.29, 1.82) is 0 Å². The molecule has 2 fully saturated rings. The van der Waals surface area contributed by atoms with Gasteiger partial charge in [0.2, 0.25) is 5.91 Å². The highest BCUT2D eigenvalue weighted by atomic mass is 35.5. The van der Waals surface area contributed by atoms with Gasteiger partial charge in [-0.1, -0.05) is 23.2 Å². The first-order chi connectivity index (χ1) is 16.9. The number of amides is 2. The molecule has 0 radical (unpaired) electrons. The molecule has 8 nitrogen and oxygen atoms in total. The number of halogens is 2. The van der Waals surface area contributed by atoms with E-state index < -0.39 is 6.09 Å². The van der Waals surface area contributed by atoms with E-state index >= 15 is 0 Å². The lowest BCUT2D eigenvalue weighted by atomic mass is 10.00. The Morgan fingerprint density at radius 3 is 2.63 bits per heavy atom. The first-order valence-corrected chi connectivity index (χ1v) is 12.6. The molecular weight excluding hydrogens is 491 g/mol. The van der Waals surface area contributed by atoms with E-state index in [1.807, 2.05) is 18.2 Å². The summed E-state index contributed by atoms with van der Waals surface area (Å²) in [7, 11) is 1.32. The number of carbonyl (C=O) groups is 2. The first-order valence-electron chi connectivity index (χ1n) is 11.9. The van der Waals surface area contributed by atoms with Crippen LogP contribution in [0.2, 0.25) is 10.0 Å². The minimum atomic E-state index is -0.485. The van der Waals surface area contributed by atoms with E-state index in [0.717, 1.165) is 50.3 Å². The van der Waals surface area contributed by atoms with Gasteiger partial charge in [0.25, 0.3) is 0 Å². The molecule has 2 unspecified atom stereocenters. The summed E-state index contributed by atoms with van der Waals surface area (Å²) >= 11 is 13.0. The number of alkyl carbamates (subject to hydrolysis) is 1. The molecule has 2 amide bonds. The Labute approximate surface area is 215 Å². The lowest BCUT2D eigenvalue weighted by Gasteiger charge is -2.23. The van der Waals surface area contributed by atoms with E-state index in [-0.39, 0.29) is 17.9 Å². The maximum Gasteiger partial charge on any atom is 0.407 e. The Morgan fingerprint density at radius 1 is 1.09 bits per heavy atom. The number of hydrogen-bond acceptors (Lipinski definition) is 6. The number of pyridine rings is 1. The fraction of sp³-hybridized carbons (Fsp3) is 0.480. The van der Waals surface area contributed by atoms with Crippen LogP contribution in [0.15, 0.2) is 30.5 Å². The summed E-state index contributed by atoms with van der Waals surface area (Å²) in [5.41, 5.74) is 2.40. The Kier molecular flexibility index (Phi) is 8.70. The lowest BCUT2D eigenvalue weighted by Crippen LogP contribution is -2.33. The lowest BCUT2D eigenvalue weighted by molar-refractivity contribution is -0.119. The molecule has 0 spiro atoms. The van der Waals surface area contributed by atoms with Crippen LogP contribution in [0, 0.1) is 11.8 Å². The van der Waals surface area contributed by atoms with Gasteiger partial charge in [0.05, 0.1) is 12.1 Å². The number of nitrogens with zero attached hydrogens (tertiary/aromatic N) is 1. The third-order valence-corrected chi connectivity index (χ3v) is 7.24. The van der Waals surface area contributed by atoms with Crippen molar-refractivity contribution in [2.24, 2.45) is 11.8 Å². The molecule has 0 bridgehead atoms. The molecular formula is C25H30Cl2N4O4. The van der Waals surface area contributed by atoms with Crippen LogP contribution in [0.4, 0.5) is 16.3 Å². The summed E-state index contributed by atoms with van der Waals surface area (Å²) in [4.78, 5) is 28.5. The van der Waals surface area contributed by atoms with Crippen LogP contribution < -0.4 is 16.0 Å². The molecule has 188 valence electrons. The number of ether oxygens (including phenoxy) is 2. The monoisotopic (exact) mass is 520 g/mol. The second-order valence-electron chi connectivity index (χ2n) is 9.01. The Morgan fingerprint density at radius 2 is 1.86 bits per heavy atom. The van der Waals surface area contributed by atoms with Gasteiger partial charge >= 0.3 is 6.09 Å². The van der Waals surface area contributed by atoms with Crippen LogP contribution in [-0.2, 0) is 14.3 Å². The van der Waals surface area contributed by atoms with Gasteiger partial charge in [-0.15, -0.1) is 0 Å². The van der Waals surface area contributed by atoms with Crippen molar-refractivity contribution in [3.8, 4) is 11.1 Å². The van der Waals surface area contributed by atoms with Gasteiger partial charge < -0.3 is 25.4 Å². The standard InChI is InChI=1S/C25H30Cl2N4O4/c1-34-25(33)30-18-3-2-16(10-18)24(32)31-23-12-20(22(27)14-29-23)19-11-17(4-5-21(19)26)28-13-15-6-8-35-9-7-15/h4-5,11-12,14-16,18,28H,2-3,6-10,13H2,1H3,(H,30,33)(H,29,31,32). The van der Waals surface area contributed by atoms with Crippen molar-refractivity contribution in [1.82, 2.24) is 10.3 Å². The van der Waals surface area contributed by atoms with Crippen molar-refractivity contribution in [3.63, 3.8) is 0 Å². The van der Waals surface area contributed by atoms with Crippen molar-refractivity contribution < 1.29 is 19.1 Å². The van der Waals surface area contributed by atoms with Gasteiger partial charge in [0.15, 0.2) is 0 Å². The topological polar surface area (TPSA) is 102 Å². The van der Waals surface area contributed by atoms with Gasteiger partial charge in [0, 0.05) is 59.8 Å². The fourth-order valence-electron chi connectivity index (χ4n) is 4.57. The van der Waals surface area contributed by atoms with E-state index in [1.54, 1.807) is 6.07 Å². The summed E-state index contributed by atoms with van der Waals surface area (Å²) < 4.78 is 10.1. The van der Waals surface area contributed by atoms with E-state index in [2.05, 4.69) is 25.7 Å². The van der Waals surface area contributed by atoms with E-state index in [4.69, 9.17) is 27.9 Å². The fourth-order valence-corrected chi connectivity index (χ4v) is 5.00. The first kappa shape index (κ1) is 25.5. The summed E-state index contributed by atoms with van der Waals surface area (Å²) in [5.74, 6) is 0.611. The molecule has 2 aliphatic rings. The Bertz CT molecular complexity index is 1060. The van der Waals surface area contributed by atoms with Crippen LogP contribution >= 0.6 is 23.2 Å². The molecule has 1 saturated heterocycles. The van der Waals surface area contributed by atoms with Crippen molar-refractivity contribution in [3.05, 3.63) is 40.5 Å². The number of anilines is 2. The van der Waals surface area contributed by atoms with Crippen LogP contribution in [0.5, 0.6) is 0 Å². The zero-order valence-electron chi connectivity index (χ0n) is 19.6. The molecule has 10 heteroatoms. The molecule has 2 heterocycles. The molecule has 1 aliphatic carbocycles. The predicted octanol–water partition coefficient (Wildman–Crippen LogP) is 5.36. The molecule has 4 rings (SSSR count). The second kappa shape index (κ2) is 11.9. The number of rotatable bonds is 7. The van der Waals surface area contributed by atoms with Crippen LogP contribution in [0.25, 0.3) is 11.1 Å². The molecule has 1 saturated carbocycles. The number of methoxy groups -OCH3 is 1. The zero-order chi connectivity index (χ0) is 24.8. The number of benzene rings is 1.